The van der Waals surface area contributed by atoms with Crippen molar-refractivity contribution in [2.24, 2.45) is 11.8 Å². The molecule has 0 spiro atoms. The molecule has 3 heteroatoms. The highest BCUT2D eigenvalue weighted by Crippen LogP contribution is 2.30. The second kappa shape index (κ2) is 7.52. The Labute approximate surface area is 126 Å². The smallest absolute Gasteiger partial charge is 0.0465 e. The van der Waals surface area contributed by atoms with E-state index in [9.17, 15) is 0 Å². The van der Waals surface area contributed by atoms with Crippen LogP contribution in [0.1, 0.15) is 44.6 Å². The number of rotatable bonds is 5. The molecule has 1 fully saturated rings. The average molecular weight is 300 g/mol. The molecular weight excluding hydrogens is 277 g/mol. The largest absolute Gasteiger partial charge is 0.313 e. The van der Waals surface area contributed by atoms with Crippen molar-refractivity contribution < 1.29 is 0 Å². The summed E-state index contributed by atoms with van der Waals surface area (Å²) in [5.74, 6) is 1.83. The molecule has 2 unspecified atom stereocenters. The predicted octanol–water partition coefficient (Wildman–Crippen LogP) is 5.30. The third-order valence-corrected chi connectivity index (χ3v) is 4.69. The Morgan fingerprint density at radius 3 is 2.84 bits per heavy atom. The summed E-state index contributed by atoms with van der Waals surface area (Å²) in [6.45, 7) is 4.29. The minimum Gasteiger partial charge on any atom is -0.313 e. The fourth-order valence-corrected chi connectivity index (χ4v) is 3.49. The minimum absolute atomic E-state index is 0.699. The lowest BCUT2D eigenvalue weighted by atomic mass is 9.81. The van der Waals surface area contributed by atoms with Crippen LogP contribution in [-0.2, 0) is 6.54 Å². The van der Waals surface area contributed by atoms with E-state index in [1.807, 2.05) is 18.2 Å². The molecule has 0 bridgehead atoms. The summed E-state index contributed by atoms with van der Waals surface area (Å²) >= 11 is 12.0. The summed E-state index contributed by atoms with van der Waals surface area (Å²) in [4.78, 5) is 0. The van der Waals surface area contributed by atoms with Crippen LogP contribution in [0.2, 0.25) is 10.0 Å². The maximum Gasteiger partial charge on any atom is 0.0465 e. The highest BCUT2D eigenvalue weighted by Gasteiger charge is 2.18. The van der Waals surface area contributed by atoms with Crippen LogP contribution in [0.3, 0.4) is 0 Å². The van der Waals surface area contributed by atoms with Gasteiger partial charge in [-0.05, 0) is 48.9 Å². The van der Waals surface area contributed by atoms with Crippen molar-refractivity contribution in [3.8, 4) is 0 Å². The van der Waals surface area contributed by atoms with Crippen LogP contribution in [0.5, 0.6) is 0 Å². The van der Waals surface area contributed by atoms with Crippen molar-refractivity contribution in [3.05, 3.63) is 33.8 Å². The average Bonchev–Trinajstić information content (AvgIpc) is 2.37. The van der Waals surface area contributed by atoms with Gasteiger partial charge < -0.3 is 5.32 Å². The highest BCUT2D eigenvalue weighted by atomic mass is 35.5. The summed E-state index contributed by atoms with van der Waals surface area (Å²) in [6, 6.07) is 5.70. The second-order valence-corrected chi connectivity index (χ2v) is 6.68. The standard InChI is InChI=1S/C16H23Cl2N/c1-12-3-2-4-13(9-12)7-8-19-11-14-5-6-15(17)10-16(14)18/h5-6,10,12-13,19H,2-4,7-9,11H2,1H3. The van der Waals surface area contributed by atoms with E-state index in [2.05, 4.69) is 12.2 Å². The number of nitrogens with one attached hydrogen (secondary N) is 1. The molecule has 2 atom stereocenters. The van der Waals surface area contributed by atoms with Gasteiger partial charge in [0.15, 0.2) is 0 Å². The van der Waals surface area contributed by atoms with Gasteiger partial charge in [0, 0.05) is 16.6 Å². The minimum atomic E-state index is 0.699. The van der Waals surface area contributed by atoms with E-state index in [0.29, 0.717) is 5.02 Å². The Hall–Kier alpha value is -0.240. The van der Waals surface area contributed by atoms with Gasteiger partial charge in [0.1, 0.15) is 0 Å². The predicted molar refractivity (Wildman–Crippen MR) is 83.9 cm³/mol. The molecule has 0 amide bonds. The van der Waals surface area contributed by atoms with Crippen LogP contribution in [0.4, 0.5) is 0 Å². The first-order chi connectivity index (χ1) is 9.15. The van der Waals surface area contributed by atoms with Gasteiger partial charge in [-0.1, -0.05) is 55.5 Å². The molecule has 2 rings (SSSR count). The topological polar surface area (TPSA) is 12.0 Å². The molecule has 1 aliphatic rings. The molecule has 106 valence electrons. The van der Waals surface area contributed by atoms with Crippen LogP contribution in [0.15, 0.2) is 18.2 Å². The zero-order valence-electron chi connectivity index (χ0n) is 11.6. The van der Waals surface area contributed by atoms with E-state index in [1.54, 1.807) is 0 Å². The summed E-state index contributed by atoms with van der Waals surface area (Å²) < 4.78 is 0. The molecule has 0 saturated heterocycles. The Kier molecular flexibility index (Phi) is 6.00. The molecule has 1 N–H and O–H groups in total. The van der Waals surface area contributed by atoms with E-state index in [0.717, 1.165) is 35.5 Å². The molecule has 19 heavy (non-hydrogen) atoms. The van der Waals surface area contributed by atoms with Gasteiger partial charge in [0.05, 0.1) is 0 Å². The Bertz CT molecular complexity index is 406. The van der Waals surface area contributed by atoms with Crippen molar-refractivity contribution in [3.63, 3.8) is 0 Å². The summed E-state index contributed by atoms with van der Waals surface area (Å²) in [7, 11) is 0. The van der Waals surface area contributed by atoms with Gasteiger partial charge in [-0.3, -0.25) is 0 Å². The maximum atomic E-state index is 6.15. The molecule has 0 aliphatic heterocycles. The lowest BCUT2D eigenvalue weighted by Gasteiger charge is -2.26. The quantitative estimate of drug-likeness (QED) is 0.728. The van der Waals surface area contributed by atoms with Crippen molar-refractivity contribution in [2.75, 3.05) is 6.54 Å². The molecule has 1 aromatic carbocycles. The molecule has 1 aliphatic carbocycles. The van der Waals surface area contributed by atoms with Crippen LogP contribution in [0.25, 0.3) is 0 Å². The third-order valence-electron chi connectivity index (χ3n) is 4.10. The van der Waals surface area contributed by atoms with E-state index >= 15 is 0 Å². The molecule has 0 aromatic heterocycles. The van der Waals surface area contributed by atoms with E-state index in [1.165, 1.54) is 32.1 Å². The van der Waals surface area contributed by atoms with Crippen molar-refractivity contribution in [2.45, 2.75) is 45.6 Å². The van der Waals surface area contributed by atoms with E-state index in [4.69, 9.17) is 23.2 Å². The van der Waals surface area contributed by atoms with Crippen LogP contribution < -0.4 is 5.32 Å². The zero-order chi connectivity index (χ0) is 13.7. The highest BCUT2D eigenvalue weighted by molar-refractivity contribution is 6.35. The number of hydrogen-bond acceptors (Lipinski definition) is 1. The molecule has 1 saturated carbocycles. The van der Waals surface area contributed by atoms with Crippen LogP contribution in [0, 0.1) is 11.8 Å². The molecular formula is C16H23Cl2N. The Balaban J connectivity index is 1.69. The molecule has 0 heterocycles. The molecule has 0 radical (unpaired) electrons. The van der Waals surface area contributed by atoms with Gasteiger partial charge in [0.25, 0.3) is 0 Å². The fraction of sp³-hybridized carbons (Fsp3) is 0.625. The van der Waals surface area contributed by atoms with Gasteiger partial charge >= 0.3 is 0 Å². The van der Waals surface area contributed by atoms with Gasteiger partial charge in [-0.25, -0.2) is 0 Å². The Morgan fingerprint density at radius 1 is 1.26 bits per heavy atom. The van der Waals surface area contributed by atoms with Crippen LogP contribution in [-0.4, -0.2) is 6.54 Å². The van der Waals surface area contributed by atoms with E-state index in [-0.39, 0.29) is 0 Å². The summed E-state index contributed by atoms with van der Waals surface area (Å²) in [6.07, 6.45) is 6.94. The number of benzene rings is 1. The third kappa shape index (κ3) is 4.98. The molecule has 1 aromatic rings. The van der Waals surface area contributed by atoms with E-state index < -0.39 is 0 Å². The SMILES string of the molecule is CC1CCCC(CCNCc2ccc(Cl)cc2Cl)C1. The van der Waals surface area contributed by atoms with Crippen molar-refractivity contribution in [1.29, 1.82) is 0 Å². The monoisotopic (exact) mass is 299 g/mol. The first-order valence-electron chi connectivity index (χ1n) is 7.30. The van der Waals surface area contributed by atoms with Gasteiger partial charge in [0.2, 0.25) is 0 Å². The fourth-order valence-electron chi connectivity index (χ4n) is 3.02. The van der Waals surface area contributed by atoms with Crippen molar-refractivity contribution >= 4 is 23.2 Å². The number of hydrogen-bond donors (Lipinski definition) is 1. The lowest BCUT2D eigenvalue weighted by Crippen LogP contribution is -2.21. The lowest BCUT2D eigenvalue weighted by molar-refractivity contribution is 0.267. The molecule has 1 nitrogen and oxygen atoms in total. The summed E-state index contributed by atoms with van der Waals surface area (Å²) in [5, 5.41) is 4.95. The van der Waals surface area contributed by atoms with Crippen LogP contribution >= 0.6 is 23.2 Å². The Morgan fingerprint density at radius 2 is 2.11 bits per heavy atom. The second-order valence-electron chi connectivity index (χ2n) is 5.84. The van der Waals surface area contributed by atoms with Crippen molar-refractivity contribution in [1.82, 2.24) is 5.32 Å². The number of halogens is 2. The summed E-state index contributed by atoms with van der Waals surface area (Å²) in [5.41, 5.74) is 1.13. The maximum absolute atomic E-state index is 6.15. The first-order valence-corrected chi connectivity index (χ1v) is 8.05. The zero-order valence-corrected chi connectivity index (χ0v) is 13.1. The van der Waals surface area contributed by atoms with Gasteiger partial charge in [-0.15, -0.1) is 0 Å². The normalized spacial score (nSPS) is 23.5. The van der Waals surface area contributed by atoms with Gasteiger partial charge in [-0.2, -0.15) is 0 Å². The first kappa shape index (κ1) is 15.2.